The van der Waals surface area contributed by atoms with Gasteiger partial charge in [0.25, 0.3) is 0 Å². The number of ether oxygens (including phenoxy) is 1. The maximum absolute atomic E-state index is 11.9. The molecule has 0 aliphatic rings. The molecule has 0 aliphatic carbocycles. The summed E-state index contributed by atoms with van der Waals surface area (Å²) in [5.41, 5.74) is 1.87. The Bertz CT molecular complexity index is 615. The molecule has 0 unspecified atom stereocenters. The number of nitrogens with one attached hydrogen (secondary N) is 1. The van der Waals surface area contributed by atoms with E-state index < -0.39 is 0 Å². The van der Waals surface area contributed by atoms with Crippen molar-refractivity contribution in [2.45, 2.75) is 12.8 Å². The first-order valence-corrected chi connectivity index (χ1v) is 6.71. The van der Waals surface area contributed by atoms with Crippen LogP contribution in [0.4, 0.5) is 5.69 Å². The first-order valence-electron chi connectivity index (χ1n) is 6.71. The second kappa shape index (κ2) is 7.71. The van der Waals surface area contributed by atoms with Crippen LogP contribution in [0.3, 0.4) is 0 Å². The van der Waals surface area contributed by atoms with Crippen molar-refractivity contribution in [1.29, 1.82) is 5.26 Å². The van der Waals surface area contributed by atoms with E-state index in [2.05, 4.69) is 5.32 Å². The summed E-state index contributed by atoms with van der Waals surface area (Å²) in [7, 11) is 0. The van der Waals surface area contributed by atoms with Crippen LogP contribution in [0, 0.1) is 11.3 Å². The summed E-state index contributed by atoms with van der Waals surface area (Å²) in [6.45, 7) is 0.0166. The van der Waals surface area contributed by atoms with E-state index in [-0.39, 0.29) is 12.5 Å². The molecule has 4 nitrogen and oxygen atoms in total. The van der Waals surface area contributed by atoms with Crippen LogP contribution in [0.5, 0.6) is 5.75 Å². The van der Waals surface area contributed by atoms with Crippen molar-refractivity contribution in [3.63, 3.8) is 0 Å². The molecule has 0 fully saturated rings. The molecule has 2 aromatic carbocycles. The SMILES string of the molecule is N#CCOc1ccc(NC(=O)CCc2ccccc2)cc1. The third-order valence-corrected chi connectivity index (χ3v) is 2.93. The van der Waals surface area contributed by atoms with Crippen molar-refractivity contribution in [3.8, 4) is 11.8 Å². The summed E-state index contributed by atoms with van der Waals surface area (Å²) in [5.74, 6) is 0.586. The molecule has 0 aromatic heterocycles. The highest BCUT2D eigenvalue weighted by Gasteiger charge is 2.03. The van der Waals surface area contributed by atoms with Crippen LogP contribution in [0.2, 0.25) is 0 Å². The summed E-state index contributed by atoms with van der Waals surface area (Å²) in [5, 5.41) is 11.3. The van der Waals surface area contributed by atoms with Gasteiger partial charge in [0.15, 0.2) is 6.61 Å². The maximum Gasteiger partial charge on any atom is 0.224 e. The third kappa shape index (κ3) is 5.00. The second-order valence-electron chi connectivity index (χ2n) is 4.50. The van der Waals surface area contributed by atoms with Crippen molar-refractivity contribution in [2.24, 2.45) is 0 Å². The van der Waals surface area contributed by atoms with Crippen LogP contribution >= 0.6 is 0 Å². The lowest BCUT2D eigenvalue weighted by molar-refractivity contribution is -0.116. The number of nitrogens with zero attached hydrogens (tertiary/aromatic N) is 1. The van der Waals surface area contributed by atoms with Crippen LogP contribution in [0.25, 0.3) is 0 Å². The summed E-state index contributed by atoms with van der Waals surface area (Å²) >= 11 is 0. The Morgan fingerprint density at radius 2 is 1.81 bits per heavy atom. The lowest BCUT2D eigenvalue weighted by atomic mass is 10.1. The molecule has 0 radical (unpaired) electrons. The van der Waals surface area contributed by atoms with E-state index in [1.807, 2.05) is 36.4 Å². The Hall–Kier alpha value is -2.80. The van der Waals surface area contributed by atoms with Crippen molar-refractivity contribution in [3.05, 3.63) is 60.2 Å². The third-order valence-electron chi connectivity index (χ3n) is 2.93. The van der Waals surface area contributed by atoms with Crippen molar-refractivity contribution in [2.75, 3.05) is 11.9 Å². The lowest BCUT2D eigenvalue weighted by Crippen LogP contribution is -2.12. The smallest absolute Gasteiger partial charge is 0.224 e. The zero-order chi connectivity index (χ0) is 14.9. The molecule has 2 rings (SSSR count). The van der Waals surface area contributed by atoms with Gasteiger partial charge in [0, 0.05) is 12.1 Å². The van der Waals surface area contributed by atoms with E-state index >= 15 is 0 Å². The van der Waals surface area contributed by atoms with Crippen molar-refractivity contribution >= 4 is 11.6 Å². The van der Waals surface area contributed by atoms with Gasteiger partial charge in [0.05, 0.1) is 0 Å². The standard InChI is InChI=1S/C17H16N2O2/c18-12-13-21-16-9-7-15(8-10-16)19-17(20)11-6-14-4-2-1-3-5-14/h1-5,7-10H,6,11,13H2,(H,19,20). The largest absolute Gasteiger partial charge is 0.479 e. The predicted octanol–water partition coefficient (Wildman–Crippen LogP) is 3.16. The number of hydrogen-bond acceptors (Lipinski definition) is 3. The summed E-state index contributed by atoms with van der Waals surface area (Å²) in [6, 6.07) is 18.8. The molecule has 0 bridgehead atoms. The number of nitriles is 1. The Kier molecular flexibility index (Phi) is 5.36. The Morgan fingerprint density at radius 1 is 1.10 bits per heavy atom. The molecule has 0 saturated heterocycles. The second-order valence-corrected chi connectivity index (χ2v) is 4.50. The molecule has 1 N–H and O–H groups in total. The van der Waals surface area contributed by atoms with Gasteiger partial charge in [0.1, 0.15) is 11.8 Å². The van der Waals surface area contributed by atoms with Crippen LogP contribution in [0.15, 0.2) is 54.6 Å². The van der Waals surface area contributed by atoms with Gasteiger partial charge in [-0.2, -0.15) is 5.26 Å². The number of hydrogen-bond donors (Lipinski definition) is 1. The molecule has 4 heteroatoms. The molecule has 0 atom stereocenters. The van der Waals surface area contributed by atoms with Crippen LogP contribution in [0.1, 0.15) is 12.0 Å². The van der Waals surface area contributed by atoms with Gasteiger partial charge < -0.3 is 10.1 Å². The van der Waals surface area contributed by atoms with Gasteiger partial charge in [-0.25, -0.2) is 0 Å². The van der Waals surface area contributed by atoms with Gasteiger partial charge >= 0.3 is 0 Å². The van der Waals surface area contributed by atoms with E-state index in [4.69, 9.17) is 10.00 Å². The molecule has 0 spiro atoms. The number of rotatable bonds is 6. The topological polar surface area (TPSA) is 62.1 Å². The number of carbonyl (C=O) groups is 1. The van der Waals surface area contributed by atoms with Gasteiger partial charge in [-0.1, -0.05) is 30.3 Å². The molecule has 0 aliphatic heterocycles. The zero-order valence-corrected chi connectivity index (χ0v) is 11.6. The number of amides is 1. The highest BCUT2D eigenvalue weighted by molar-refractivity contribution is 5.90. The fourth-order valence-electron chi connectivity index (χ4n) is 1.88. The first-order chi connectivity index (χ1) is 10.3. The Labute approximate surface area is 124 Å². The number of benzene rings is 2. The number of anilines is 1. The molecule has 21 heavy (non-hydrogen) atoms. The monoisotopic (exact) mass is 280 g/mol. The fraction of sp³-hybridized carbons (Fsp3) is 0.176. The van der Waals surface area contributed by atoms with E-state index in [1.54, 1.807) is 24.3 Å². The molecule has 0 saturated carbocycles. The highest BCUT2D eigenvalue weighted by Crippen LogP contribution is 2.16. The minimum Gasteiger partial charge on any atom is -0.479 e. The highest BCUT2D eigenvalue weighted by atomic mass is 16.5. The van der Waals surface area contributed by atoms with Crippen LogP contribution in [-0.2, 0) is 11.2 Å². The van der Waals surface area contributed by atoms with Gasteiger partial charge in [-0.3, -0.25) is 4.79 Å². The van der Waals surface area contributed by atoms with Crippen LogP contribution < -0.4 is 10.1 Å². The van der Waals surface area contributed by atoms with Gasteiger partial charge in [-0.05, 0) is 36.2 Å². The minimum atomic E-state index is -0.0236. The Morgan fingerprint density at radius 3 is 2.48 bits per heavy atom. The van der Waals surface area contributed by atoms with E-state index in [0.717, 1.165) is 17.7 Å². The van der Waals surface area contributed by atoms with Crippen molar-refractivity contribution < 1.29 is 9.53 Å². The minimum absolute atomic E-state index is 0.0166. The quantitative estimate of drug-likeness (QED) is 0.884. The molecule has 106 valence electrons. The average molecular weight is 280 g/mol. The Balaban J connectivity index is 1.81. The van der Waals surface area contributed by atoms with Crippen LogP contribution in [-0.4, -0.2) is 12.5 Å². The predicted molar refractivity (Wildman–Crippen MR) is 80.9 cm³/mol. The van der Waals surface area contributed by atoms with E-state index in [9.17, 15) is 4.79 Å². The van der Waals surface area contributed by atoms with Gasteiger partial charge in [0.2, 0.25) is 5.91 Å². The molecular weight excluding hydrogens is 264 g/mol. The summed E-state index contributed by atoms with van der Waals surface area (Å²) < 4.78 is 5.15. The average Bonchev–Trinajstić information content (AvgIpc) is 2.53. The molecule has 2 aromatic rings. The van der Waals surface area contributed by atoms with Crippen molar-refractivity contribution in [1.82, 2.24) is 0 Å². The first kappa shape index (κ1) is 14.6. The van der Waals surface area contributed by atoms with E-state index in [1.165, 1.54) is 0 Å². The lowest BCUT2D eigenvalue weighted by Gasteiger charge is -2.07. The number of aryl methyl sites for hydroxylation is 1. The van der Waals surface area contributed by atoms with E-state index in [0.29, 0.717) is 12.2 Å². The normalized spacial score (nSPS) is 9.67. The van der Waals surface area contributed by atoms with Gasteiger partial charge in [-0.15, -0.1) is 0 Å². The molecular formula is C17H16N2O2. The maximum atomic E-state index is 11.9. The summed E-state index contributed by atoms with van der Waals surface area (Å²) in [6.07, 6.45) is 1.16. The fourth-order valence-corrected chi connectivity index (χ4v) is 1.88. The summed E-state index contributed by atoms with van der Waals surface area (Å²) in [4.78, 5) is 11.9. The molecule has 0 heterocycles. The zero-order valence-electron chi connectivity index (χ0n) is 11.6. The molecule has 1 amide bonds. The number of carbonyl (C=O) groups excluding carboxylic acids is 1.